The van der Waals surface area contributed by atoms with Gasteiger partial charge in [0, 0.05) is 22.6 Å². The molecular weight excluding hydrogens is 382 g/mol. The van der Waals surface area contributed by atoms with Crippen molar-refractivity contribution in [3.63, 3.8) is 0 Å². The lowest BCUT2D eigenvalue weighted by atomic mass is 10.1. The average Bonchev–Trinajstić information content (AvgIpc) is 3.22. The molecule has 0 N–H and O–H groups in total. The molecule has 0 unspecified atom stereocenters. The number of non-ortho nitro benzene ring substituents is 1. The van der Waals surface area contributed by atoms with E-state index in [9.17, 15) is 14.9 Å². The molecule has 0 aliphatic carbocycles. The molecule has 0 fully saturated rings. The van der Waals surface area contributed by atoms with Gasteiger partial charge in [0.05, 0.1) is 31.1 Å². The molecule has 0 radical (unpaired) electrons. The van der Waals surface area contributed by atoms with Crippen molar-refractivity contribution < 1.29 is 23.9 Å². The number of hydrogen-bond acceptors (Lipinski definition) is 7. The molecule has 2 aromatic carbocycles. The normalized spacial score (nSPS) is 10.4. The van der Waals surface area contributed by atoms with Crippen LogP contribution in [0.4, 0.5) is 5.69 Å². The van der Waals surface area contributed by atoms with E-state index in [1.807, 2.05) is 0 Å². The van der Waals surface area contributed by atoms with E-state index < -0.39 is 4.92 Å². The molecule has 28 heavy (non-hydrogen) atoms. The second kappa shape index (κ2) is 8.10. The third kappa shape index (κ3) is 3.67. The Morgan fingerprint density at radius 3 is 2.21 bits per heavy atom. The van der Waals surface area contributed by atoms with E-state index in [0.29, 0.717) is 33.3 Å². The number of methoxy groups -OCH3 is 3. The number of benzene rings is 2. The summed E-state index contributed by atoms with van der Waals surface area (Å²) < 4.78 is 15.9. The van der Waals surface area contributed by atoms with E-state index in [0.717, 1.165) is 4.88 Å². The van der Waals surface area contributed by atoms with Gasteiger partial charge >= 0.3 is 0 Å². The van der Waals surface area contributed by atoms with Crippen LogP contribution < -0.4 is 14.2 Å². The molecule has 0 aliphatic rings. The molecule has 0 saturated carbocycles. The topological polar surface area (TPSA) is 87.9 Å². The lowest BCUT2D eigenvalue weighted by Crippen LogP contribution is -2.02. The van der Waals surface area contributed by atoms with Gasteiger partial charge in [-0.15, -0.1) is 11.3 Å². The molecule has 0 bridgehead atoms. The first-order valence-electron chi connectivity index (χ1n) is 8.17. The van der Waals surface area contributed by atoms with Crippen molar-refractivity contribution in [2.45, 2.75) is 0 Å². The molecule has 3 aromatic rings. The van der Waals surface area contributed by atoms with Gasteiger partial charge in [0.1, 0.15) is 0 Å². The Morgan fingerprint density at radius 1 is 0.964 bits per heavy atom. The molecule has 1 heterocycles. The molecule has 144 valence electrons. The van der Waals surface area contributed by atoms with Crippen LogP contribution in [0.5, 0.6) is 17.2 Å². The Morgan fingerprint density at radius 2 is 1.64 bits per heavy atom. The fourth-order valence-electron chi connectivity index (χ4n) is 2.74. The number of rotatable bonds is 7. The lowest BCUT2D eigenvalue weighted by Gasteiger charge is -2.13. The van der Waals surface area contributed by atoms with E-state index >= 15 is 0 Å². The van der Waals surface area contributed by atoms with Crippen LogP contribution in [0.2, 0.25) is 0 Å². The molecule has 0 saturated heterocycles. The number of nitro benzene ring substituents is 1. The van der Waals surface area contributed by atoms with Gasteiger partial charge in [0.25, 0.3) is 5.69 Å². The maximum absolute atomic E-state index is 13.0. The predicted octanol–water partition coefficient (Wildman–Crippen LogP) is 4.58. The summed E-state index contributed by atoms with van der Waals surface area (Å²) in [6.07, 6.45) is 0. The van der Waals surface area contributed by atoms with Gasteiger partial charge in [-0.1, -0.05) is 12.1 Å². The van der Waals surface area contributed by atoms with Gasteiger partial charge in [0.2, 0.25) is 11.5 Å². The van der Waals surface area contributed by atoms with Crippen LogP contribution in [-0.2, 0) is 0 Å². The zero-order chi connectivity index (χ0) is 20.3. The highest BCUT2D eigenvalue weighted by molar-refractivity contribution is 7.17. The Bertz CT molecular complexity index is 1020. The van der Waals surface area contributed by atoms with Gasteiger partial charge in [0.15, 0.2) is 11.5 Å². The zero-order valence-corrected chi connectivity index (χ0v) is 16.2. The minimum Gasteiger partial charge on any atom is -0.493 e. The number of nitrogens with zero attached hydrogens (tertiary/aromatic N) is 1. The molecule has 0 atom stereocenters. The Kier molecular flexibility index (Phi) is 5.60. The first-order valence-corrected chi connectivity index (χ1v) is 8.99. The minimum absolute atomic E-state index is 0.00315. The first kappa shape index (κ1) is 19.4. The van der Waals surface area contributed by atoms with E-state index in [-0.39, 0.29) is 11.5 Å². The van der Waals surface area contributed by atoms with Gasteiger partial charge in [-0.05, 0) is 29.8 Å². The first-order chi connectivity index (χ1) is 13.5. The average molecular weight is 399 g/mol. The highest BCUT2D eigenvalue weighted by atomic mass is 32.1. The van der Waals surface area contributed by atoms with Crippen molar-refractivity contribution in [1.29, 1.82) is 0 Å². The SMILES string of the molecule is COc1cc(C(=O)c2ccc(-c3cccc([N+](=O)[O-])c3)s2)cc(OC)c1OC. The van der Waals surface area contributed by atoms with Crippen molar-refractivity contribution in [2.75, 3.05) is 21.3 Å². The van der Waals surface area contributed by atoms with Crippen molar-refractivity contribution in [3.8, 4) is 27.7 Å². The second-order valence-electron chi connectivity index (χ2n) is 5.71. The van der Waals surface area contributed by atoms with E-state index in [2.05, 4.69) is 0 Å². The zero-order valence-electron chi connectivity index (χ0n) is 15.4. The number of nitro groups is 1. The van der Waals surface area contributed by atoms with Crippen LogP contribution in [0.1, 0.15) is 15.2 Å². The third-order valence-electron chi connectivity index (χ3n) is 4.10. The number of thiophene rings is 1. The Balaban J connectivity index is 1.97. The Hall–Kier alpha value is -3.39. The molecular formula is C20H17NO6S. The number of ketones is 1. The summed E-state index contributed by atoms with van der Waals surface area (Å²) in [6, 6.07) is 13.0. The summed E-state index contributed by atoms with van der Waals surface area (Å²) in [6.45, 7) is 0. The van der Waals surface area contributed by atoms with Crippen LogP contribution >= 0.6 is 11.3 Å². The lowest BCUT2D eigenvalue weighted by molar-refractivity contribution is -0.384. The van der Waals surface area contributed by atoms with Crippen LogP contribution in [0, 0.1) is 10.1 Å². The van der Waals surface area contributed by atoms with E-state index in [4.69, 9.17) is 14.2 Å². The fourth-order valence-corrected chi connectivity index (χ4v) is 3.71. The van der Waals surface area contributed by atoms with Crippen molar-refractivity contribution in [1.82, 2.24) is 0 Å². The largest absolute Gasteiger partial charge is 0.493 e. The third-order valence-corrected chi connectivity index (χ3v) is 5.23. The van der Waals surface area contributed by atoms with Gasteiger partial charge < -0.3 is 14.2 Å². The molecule has 8 heteroatoms. The maximum Gasteiger partial charge on any atom is 0.270 e. The highest BCUT2D eigenvalue weighted by Gasteiger charge is 2.20. The van der Waals surface area contributed by atoms with Crippen LogP contribution in [-0.4, -0.2) is 32.0 Å². The Labute approximate surface area is 165 Å². The number of ether oxygens (including phenoxy) is 3. The summed E-state index contributed by atoms with van der Waals surface area (Å²) >= 11 is 1.26. The number of hydrogen-bond donors (Lipinski definition) is 0. The van der Waals surface area contributed by atoms with E-state index in [1.54, 1.807) is 36.4 Å². The van der Waals surface area contributed by atoms with E-state index in [1.165, 1.54) is 44.8 Å². The summed E-state index contributed by atoms with van der Waals surface area (Å²) in [7, 11) is 4.46. The molecule has 0 aliphatic heterocycles. The standard InChI is InChI=1S/C20H17NO6S/c1-25-15-10-13(11-16(26-2)20(15)27-3)19(22)18-8-7-17(28-18)12-5-4-6-14(9-12)21(23)24/h4-11H,1-3H3. The molecule has 3 rings (SSSR count). The van der Waals surface area contributed by atoms with Gasteiger partial charge in [-0.2, -0.15) is 0 Å². The minimum atomic E-state index is -0.445. The van der Waals surface area contributed by atoms with Gasteiger partial charge in [-0.25, -0.2) is 0 Å². The van der Waals surface area contributed by atoms with Crippen LogP contribution in [0.3, 0.4) is 0 Å². The quantitative estimate of drug-likeness (QED) is 0.328. The molecule has 1 aromatic heterocycles. The summed E-state index contributed by atoms with van der Waals surface area (Å²) in [5.41, 5.74) is 1.08. The van der Waals surface area contributed by atoms with Crippen LogP contribution in [0.25, 0.3) is 10.4 Å². The fraction of sp³-hybridized carbons (Fsp3) is 0.150. The highest BCUT2D eigenvalue weighted by Crippen LogP contribution is 2.39. The van der Waals surface area contributed by atoms with Gasteiger partial charge in [-0.3, -0.25) is 14.9 Å². The summed E-state index contributed by atoms with van der Waals surface area (Å²) in [5.74, 6) is 0.979. The second-order valence-corrected chi connectivity index (χ2v) is 6.80. The molecule has 0 amide bonds. The molecule has 7 nitrogen and oxygen atoms in total. The number of carbonyl (C=O) groups excluding carboxylic acids is 1. The smallest absolute Gasteiger partial charge is 0.270 e. The summed E-state index contributed by atoms with van der Waals surface area (Å²) in [4.78, 5) is 24.7. The van der Waals surface area contributed by atoms with Crippen molar-refractivity contribution >= 4 is 22.8 Å². The molecule has 0 spiro atoms. The monoisotopic (exact) mass is 399 g/mol. The maximum atomic E-state index is 13.0. The number of carbonyl (C=O) groups is 1. The predicted molar refractivity (Wildman–Crippen MR) is 106 cm³/mol. The summed E-state index contributed by atoms with van der Waals surface area (Å²) in [5, 5.41) is 11.0. The van der Waals surface area contributed by atoms with Crippen LogP contribution in [0.15, 0.2) is 48.5 Å². The van der Waals surface area contributed by atoms with Crippen molar-refractivity contribution in [2.24, 2.45) is 0 Å². The van der Waals surface area contributed by atoms with Crippen molar-refractivity contribution in [3.05, 3.63) is 69.1 Å².